The van der Waals surface area contributed by atoms with Gasteiger partial charge in [0.1, 0.15) is 16.6 Å². The summed E-state index contributed by atoms with van der Waals surface area (Å²) < 4.78 is 11.1. The van der Waals surface area contributed by atoms with Crippen molar-refractivity contribution in [3.8, 4) is 0 Å². The van der Waals surface area contributed by atoms with Crippen LogP contribution in [-0.4, -0.2) is 36.2 Å². The molecule has 0 bridgehead atoms. The van der Waals surface area contributed by atoms with E-state index in [0.717, 1.165) is 0 Å². The van der Waals surface area contributed by atoms with Gasteiger partial charge in [0.25, 0.3) is 0 Å². The maximum Gasteiger partial charge on any atom is 0.341 e. The predicted molar refractivity (Wildman–Crippen MR) is 105 cm³/mol. The highest BCUT2D eigenvalue weighted by Gasteiger charge is 2.27. The Kier molecular flexibility index (Phi) is 8.08. The van der Waals surface area contributed by atoms with E-state index in [9.17, 15) is 14.4 Å². The second-order valence-corrected chi connectivity index (χ2v) is 8.62. The van der Waals surface area contributed by atoms with E-state index in [1.54, 1.807) is 27.7 Å². The Bertz CT molecular complexity index is 687. The quantitative estimate of drug-likeness (QED) is 0.608. The molecule has 146 valence electrons. The summed E-state index contributed by atoms with van der Waals surface area (Å²) >= 11 is 4.56. The fourth-order valence-electron chi connectivity index (χ4n) is 1.85. The highest BCUT2D eigenvalue weighted by molar-refractivity contribution is 9.11. The van der Waals surface area contributed by atoms with E-state index < -0.39 is 29.6 Å². The van der Waals surface area contributed by atoms with Crippen molar-refractivity contribution in [1.29, 1.82) is 0 Å². The van der Waals surface area contributed by atoms with Crippen LogP contribution in [0, 0.1) is 6.92 Å². The molecule has 0 aromatic carbocycles. The molecule has 0 fully saturated rings. The molecule has 9 heteroatoms. The van der Waals surface area contributed by atoms with Crippen LogP contribution < -0.4 is 10.6 Å². The van der Waals surface area contributed by atoms with Crippen LogP contribution in [0.2, 0.25) is 0 Å². The highest BCUT2D eigenvalue weighted by atomic mass is 79.9. The number of halogens is 1. The Morgan fingerprint density at radius 1 is 1.27 bits per heavy atom. The second-order valence-electron chi connectivity index (χ2n) is 6.28. The minimum Gasteiger partial charge on any atom is -0.462 e. The molecule has 2 N–H and O–H groups in total. The third kappa shape index (κ3) is 5.98. The molecule has 7 nitrogen and oxygen atoms in total. The number of thiophene rings is 1. The first-order chi connectivity index (χ1) is 12.0. The Hall–Kier alpha value is -1.61. The summed E-state index contributed by atoms with van der Waals surface area (Å²) in [5.74, 6) is -1.04. The van der Waals surface area contributed by atoms with E-state index >= 15 is 0 Å². The number of ether oxygens (including phenoxy) is 2. The van der Waals surface area contributed by atoms with Crippen LogP contribution in [0.15, 0.2) is 3.79 Å². The molecule has 1 atom stereocenters. The third-order valence-electron chi connectivity index (χ3n) is 3.72. The lowest BCUT2D eigenvalue weighted by atomic mass is 10.1. The molecular formula is C17H25BrN2O5S. The molecule has 1 heterocycles. The van der Waals surface area contributed by atoms with Gasteiger partial charge < -0.3 is 14.8 Å². The molecule has 0 aliphatic carbocycles. The normalized spacial score (nSPS) is 12.3. The molecule has 0 radical (unpaired) electrons. The first-order valence-electron chi connectivity index (χ1n) is 8.28. The molecule has 0 aliphatic rings. The second kappa shape index (κ2) is 9.36. The van der Waals surface area contributed by atoms with Crippen LogP contribution >= 0.6 is 27.3 Å². The van der Waals surface area contributed by atoms with Crippen molar-refractivity contribution >= 4 is 50.2 Å². The van der Waals surface area contributed by atoms with Crippen LogP contribution in [0.5, 0.6) is 0 Å². The molecule has 0 aliphatic heterocycles. The van der Waals surface area contributed by atoms with E-state index in [1.807, 2.05) is 6.92 Å². The van der Waals surface area contributed by atoms with Crippen LogP contribution in [-0.2, 0) is 14.3 Å². The lowest BCUT2D eigenvalue weighted by molar-refractivity contribution is -0.158. The van der Waals surface area contributed by atoms with Gasteiger partial charge in [-0.25, -0.2) is 14.4 Å². The topological polar surface area (TPSA) is 93.7 Å². The van der Waals surface area contributed by atoms with Gasteiger partial charge in [0.15, 0.2) is 0 Å². The van der Waals surface area contributed by atoms with E-state index in [4.69, 9.17) is 9.47 Å². The van der Waals surface area contributed by atoms with Gasteiger partial charge >= 0.3 is 18.0 Å². The molecule has 1 unspecified atom stereocenters. The number of esters is 2. The van der Waals surface area contributed by atoms with E-state index in [2.05, 4.69) is 26.6 Å². The van der Waals surface area contributed by atoms with Gasteiger partial charge in [-0.2, -0.15) is 0 Å². The smallest absolute Gasteiger partial charge is 0.341 e. The van der Waals surface area contributed by atoms with Gasteiger partial charge in [0.05, 0.1) is 16.0 Å². The van der Waals surface area contributed by atoms with Crippen LogP contribution in [0.1, 0.15) is 57.0 Å². The van der Waals surface area contributed by atoms with Crippen molar-refractivity contribution in [2.45, 2.75) is 59.6 Å². The SMILES string of the molecule is CCOC(=O)c1c(NC(=O)NC(C)C(=O)OC(C)(C)CC)sc(Br)c1C. The number of amides is 2. The van der Waals surface area contributed by atoms with Gasteiger partial charge in [-0.3, -0.25) is 5.32 Å². The van der Waals surface area contributed by atoms with Crippen molar-refractivity contribution in [3.05, 3.63) is 14.9 Å². The van der Waals surface area contributed by atoms with Crippen molar-refractivity contribution in [2.24, 2.45) is 0 Å². The molecule has 2 amide bonds. The molecule has 0 saturated heterocycles. The number of carbonyl (C=O) groups is 3. The summed E-state index contributed by atoms with van der Waals surface area (Å²) in [6, 6.07) is -1.44. The average molecular weight is 449 g/mol. The molecule has 0 saturated carbocycles. The molecule has 1 aromatic heterocycles. The zero-order chi connectivity index (χ0) is 20.1. The van der Waals surface area contributed by atoms with E-state index in [0.29, 0.717) is 26.3 Å². The minimum absolute atomic E-state index is 0.230. The molecular weight excluding hydrogens is 424 g/mol. The van der Waals surface area contributed by atoms with Crippen molar-refractivity contribution in [1.82, 2.24) is 5.32 Å². The van der Waals surface area contributed by atoms with E-state index in [-0.39, 0.29) is 6.61 Å². The van der Waals surface area contributed by atoms with Gasteiger partial charge in [0.2, 0.25) is 0 Å². The summed E-state index contributed by atoms with van der Waals surface area (Å²) in [4.78, 5) is 36.4. The number of anilines is 1. The lowest BCUT2D eigenvalue weighted by Gasteiger charge is -2.25. The van der Waals surface area contributed by atoms with Crippen LogP contribution in [0.3, 0.4) is 0 Å². The van der Waals surface area contributed by atoms with Crippen molar-refractivity contribution in [2.75, 3.05) is 11.9 Å². The first kappa shape index (κ1) is 22.4. The summed E-state index contributed by atoms with van der Waals surface area (Å²) in [6.45, 7) is 10.7. The molecule has 26 heavy (non-hydrogen) atoms. The summed E-state index contributed by atoms with van der Waals surface area (Å²) in [6.07, 6.45) is 0.656. The molecule has 1 aromatic rings. The summed E-state index contributed by atoms with van der Waals surface area (Å²) in [5.41, 5.74) is 0.373. The zero-order valence-electron chi connectivity index (χ0n) is 15.8. The standard InChI is InChI=1S/C17H25BrN2O5S/c1-7-17(5,6)25-14(21)10(4)19-16(23)20-13-11(15(22)24-8-2)9(3)12(18)26-13/h10H,7-8H2,1-6H3,(H2,19,20,23). The van der Waals surface area contributed by atoms with Crippen LogP contribution in [0.4, 0.5) is 9.80 Å². The maximum atomic E-state index is 12.2. The molecule has 1 rings (SSSR count). The predicted octanol–water partition coefficient (Wildman–Crippen LogP) is 4.24. The third-order valence-corrected chi connectivity index (χ3v) is 5.80. The average Bonchev–Trinajstić information content (AvgIpc) is 2.81. The maximum absolute atomic E-state index is 12.2. The Morgan fingerprint density at radius 3 is 2.42 bits per heavy atom. The summed E-state index contributed by atoms with van der Waals surface area (Å²) in [5, 5.41) is 5.47. The van der Waals surface area contributed by atoms with Gasteiger partial charge in [-0.1, -0.05) is 6.92 Å². The Labute approximate surface area is 165 Å². The van der Waals surface area contributed by atoms with E-state index in [1.165, 1.54) is 18.3 Å². The summed E-state index contributed by atoms with van der Waals surface area (Å²) in [7, 11) is 0. The molecule has 0 spiro atoms. The van der Waals surface area contributed by atoms with Gasteiger partial charge in [-0.15, -0.1) is 11.3 Å². The highest BCUT2D eigenvalue weighted by Crippen LogP contribution is 2.37. The minimum atomic E-state index is -0.837. The monoisotopic (exact) mass is 448 g/mol. The number of hydrogen-bond donors (Lipinski definition) is 2. The fraction of sp³-hybridized carbons (Fsp3) is 0.588. The number of rotatable bonds is 7. The lowest BCUT2D eigenvalue weighted by Crippen LogP contribution is -2.44. The largest absolute Gasteiger partial charge is 0.462 e. The van der Waals surface area contributed by atoms with Crippen molar-refractivity contribution in [3.63, 3.8) is 0 Å². The zero-order valence-corrected chi connectivity index (χ0v) is 18.2. The number of urea groups is 1. The number of nitrogens with one attached hydrogen (secondary N) is 2. The van der Waals surface area contributed by atoms with Gasteiger partial charge in [-0.05, 0) is 62.5 Å². The Morgan fingerprint density at radius 2 is 1.88 bits per heavy atom. The Balaban J connectivity index is 2.81. The van der Waals surface area contributed by atoms with Crippen LogP contribution in [0.25, 0.3) is 0 Å². The van der Waals surface area contributed by atoms with Gasteiger partial charge in [0, 0.05) is 0 Å². The first-order valence-corrected chi connectivity index (χ1v) is 9.89. The fourth-order valence-corrected chi connectivity index (χ4v) is 3.45. The van der Waals surface area contributed by atoms with Crippen molar-refractivity contribution < 1.29 is 23.9 Å². The number of carbonyl (C=O) groups excluding carboxylic acids is 3. The number of hydrogen-bond acceptors (Lipinski definition) is 6.